The van der Waals surface area contributed by atoms with Crippen LogP contribution in [0.4, 0.5) is 0 Å². The van der Waals surface area contributed by atoms with E-state index in [0.717, 1.165) is 18.3 Å². The van der Waals surface area contributed by atoms with Crippen molar-refractivity contribution in [2.45, 2.75) is 13.0 Å². The first-order valence-corrected chi connectivity index (χ1v) is 6.92. The molecule has 0 spiro atoms. The number of rotatable bonds is 4. The predicted octanol–water partition coefficient (Wildman–Crippen LogP) is 0.480. The number of hydrogen-bond donors (Lipinski definition) is 1. The van der Waals surface area contributed by atoms with Gasteiger partial charge in [0.25, 0.3) is 0 Å². The van der Waals surface area contributed by atoms with Crippen LogP contribution in [-0.4, -0.2) is 29.7 Å². The van der Waals surface area contributed by atoms with Crippen molar-refractivity contribution in [2.24, 2.45) is 5.73 Å². The van der Waals surface area contributed by atoms with E-state index >= 15 is 0 Å². The monoisotopic (exact) mass is 201 g/mol. The summed E-state index contributed by atoms with van der Waals surface area (Å²) < 4.78 is 13.4. The van der Waals surface area contributed by atoms with Gasteiger partial charge in [-0.3, -0.25) is 4.68 Å². The molecule has 0 saturated heterocycles. The maximum Gasteiger partial charge on any atom is 0.112 e. The molecule has 0 aromatic carbocycles. The van der Waals surface area contributed by atoms with Crippen LogP contribution < -0.4 is 11.0 Å². The van der Waals surface area contributed by atoms with Gasteiger partial charge in [-0.1, -0.05) is 0 Å². The second-order valence-corrected chi connectivity index (χ2v) is 6.67. The Morgan fingerprint density at radius 2 is 2.31 bits per heavy atom. The minimum atomic E-state index is -2.14. The summed E-state index contributed by atoms with van der Waals surface area (Å²) in [6.07, 6.45) is 4.42. The standard InChI is InChI=1S/C8H16N3OP/c1-13(2,12)8-6-10-11(7-8)5-3-4-9/h6-7H,3-5,9H2,1-2H3. The van der Waals surface area contributed by atoms with Gasteiger partial charge < -0.3 is 10.3 Å². The van der Waals surface area contributed by atoms with Gasteiger partial charge in [0.15, 0.2) is 0 Å². The maximum atomic E-state index is 11.6. The fraction of sp³-hybridized carbons (Fsp3) is 0.625. The molecular formula is C8H16N3OP. The van der Waals surface area contributed by atoms with E-state index in [-0.39, 0.29) is 0 Å². The molecular weight excluding hydrogens is 185 g/mol. The van der Waals surface area contributed by atoms with Crippen molar-refractivity contribution in [3.8, 4) is 0 Å². The van der Waals surface area contributed by atoms with E-state index in [0.29, 0.717) is 6.54 Å². The zero-order valence-corrected chi connectivity index (χ0v) is 9.00. The van der Waals surface area contributed by atoms with Crippen LogP contribution in [0.15, 0.2) is 12.4 Å². The number of nitrogens with two attached hydrogens (primary N) is 1. The largest absolute Gasteiger partial charge is 0.330 e. The van der Waals surface area contributed by atoms with Crippen LogP contribution in [0.5, 0.6) is 0 Å². The second-order valence-electron chi connectivity index (χ2n) is 3.45. The zero-order chi connectivity index (χ0) is 9.90. The highest BCUT2D eigenvalue weighted by Gasteiger charge is 2.12. The van der Waals surface area contributed by atoms with Crippen molar-refractivity contribution in [2.75, 3.05) is 19.9 Å². The van der Waals surface area contributed by atoms with Crippen LogP contribution in [-0.2, 0) is 11.1 Å². The average molecular weight is 201 g/mol. The minimum Gasteiger partial charge on any atom is -0.330 e. The molecule has 0 bridgehead atoms. The van der Waals surface area contributed by atoms with Gasteiger partial charge in [-0.25, -0.2) is 0 Å². The Morgan fingerprint density at radius 3 is 2.77 bits per heavy atom. The molecule has 0 amide bonds. The van der Waals surface area contributed by atoms with Crippen molar-refractivity contribution in [3.63, 3.8) is 0 Å². The third-order valence-corrected chi connectivity index (χ3v) is 3.31. The molecule has 13 heavy (non-hydrogen) atoms. The summed E-state index contributed by atoms with van der Waals surface area (Å²) in [5.74, 6) is 0. The van der Waals surface area contributed by atoms with E-state index in [9.17, 15) is 4.57 Å². The van der Waals surface area contributed by atoms with Gasteiger partial charge in [0.2, 0.25) is 0 Å². The molecule has 2 N–H and O–H groups in total. The Labute approximate surface area is 78.5 Å². The number of aryl methyl sites for hydroxylation is 1. The molecule has 0 aliphatic rings. The molecule has 4 nitrogen and oxygen atoms in total. The molecule has 0 aliphatic heterocycles. The third-order valence-electron chi connectivity index (χ3n) is 1.83. The highest BCUT2D eigenvalue weighted by atomic mass is 31.2. The number of nitrogens with zero attached hydrogens (tertiary/aromatic N) is 2. The molecule has 1 aromatic rings. The summed E-state index contributed by atoms with van der Waals surface area (Å²) in [4.78, 5) is 0. The first kappa shape index (κ1) is 10.5. The molecule has 0 radical (unpaired) electrons. The van der Waals surface area contributed by atoms with Gasteiger partial charge in [0.05, 0.1) is 6.20 Å². The molecule has 0 atom stereocenters. The Balaban J connectivity index is 2.70. The van der Waals surface area contributed by atoms with E-state index in [2.05, 4.69) is 5.10 Å². The Morgan fingerprint density at radius 1 is 1.62 bits per heavy atom. The fourth-order valence-electron chi connectivity index (χ4n) is 1.01. The lowest BCUT2D eigenvalue weighted by Gasteiger charge is -2.01. The lowest BCUT2D eigenvalue weighted by molar-refractivity contribution is 0.583. The van der Waals surface area contributed by atoms with Crippen LogP contribution in [0.2, 0.25) is 0 Å². The molecule has 5 heteroatoms. The molecule has 74 valence electrons. The summed E-state index contributed by atoms with van der Waals surface area (Å²) in [5.41, 5.74) is 5.37. The molecule has 0 unspecified atom stereocenters. The molecule has 1 rings (SSSR count). The lowest BCUT2D eigenvalue weighted by Crippen LogP contribution is -2.06. The van der Waals surface area contributed by atoms with E-state index in [1.165, 1.54) is 0 Å². The van der Waals surface area contributed by atoms with Gasteiger partial charge in [-0.15, -0.1) is 0 Å². The van der Waals surface area contributed by atoms with Crippen LogP contribution in [0.1, 0.15) is 6.42 Å². The normalized spacial score (nSPS) is 11.9. The van der Waals surface area contributed by atoms with Gasteiger partial charge in [0.1, 0.15) is 7.14 Å². The van der Waals surface area contributed by atoms with Crippen molar-refractivity contribution in [1.29, 1.82) is 0 Å². The van der Waals surface area contributed by atoms with Crippen molar-refractivity contribution in [1.82, 2.24) is 9.78 Å². The van der Waals surface area contributed by atoms with Gasteiger partial charge >= 0.3 is 0 Å². The first-order valence-electron chi connectivity index (χ1n) is 4.32. The first-order chi connectivity index (χ1) is 6.04. The Kier molecular flexibility index (Phi) is 3.28. The van der Waals surface area contributed by atoms with Crippen LogP contribution >= 0.6 is 7.14 Å². The number of aromatic nitrogens is 2. The highest BCUT2D eigenvalue weighted by molar-refractivity contribution is 7.70. The molecule has 0 aliphatic carbocycles. The van der Waals surface area contributed by atoms with Crippen molar-refractivity contribution < 1.29 is 4.57 Å². The Hall–Kier alpha value is -0.600. The van der Waals surface area contributed by atoms with Gasteiger partial charge in [0, 0.05) is 18.0 Å². The summed E-state index contributed by atoms with van der Waals surface area (Å²) in [6.45, 7) is 4.95. The summed E-state index contributed by atoms with van der Waals surface area (Å²) in [5, 5.41) is 4.95. The highest BCUT2D eigenvalue weighted by Crippen LogP contribution is 2.33. The molecule has 1 aromatic heterocycles. The lowest BCUT2D eigenvalue weighted by atomic mass is 10.4. The number of hydrogen-bond acceptors (Lipinski definition) is 3. The predicted molar refractivity (Wildman–Crippen MR) is 55.0 cm³/mol. The topological polar surface area (TPSA) is 60.9 Å². The summed E-state index contributed by atoms with van der Waals surface area (Å²) in [7, 11) is -2.14. The van der Waals surface area contributed by atoms with Crippen LogP contribution in [0.3, 0.4) is 0 Å². The van der Waals surface area contributed by atoms with E-state index < -0.39 is 7.14 Å². The summed E-state index contributed by atoms with van der Waals surface area (Å²) in [6, 6.07) is 0. The van der Waals surface area contributed by atoms with Crippen LogP contribution in [0.25, 0.3) is 0 Å². The van der Waals surface area contributed by atoms with Gasteiger partial charge in [-0.05, 0) is 26.3 Å². The molecule has 0 saturated carbocycles. The third kappa shape index (κ3) is 2.98. The quantitative estimate of drug-likeness (QED) is 0.721. The maximum absolute atomic E-state index is 11.6. The van der Waals surface area contributed by atoms with Crippen molar-refractivity contribution >= 4 is 12.4 Å². The fourth-order valence-corrected chi connectivity index (χ4v) is 1.75. The summed E-state index contributed by atoms with van der Waals surface area (Å²) >= 11 is 0. The Bertz CT molecular complexity index is 315. The SMILES string of the molecule is CP(C)(=O)c1cnn(CCCN)c1. The molecule has 0 fully saturated rings. The smallest absolute Gasteiger partial charge is 0.112 e. The average Bonchev–Trinajstić information content (AvgIpc) is 2.47. The van der Waals surface area contributed by atoms with Crippen LogP contribution in [0, 0.1) is 0 Å². The van der Waals surface area contributed by atoms with E-state index in [1.807, 2.05) is 6.20 Å². The second kappa shape index (κ2) is 4.07. The molecule has 1 heterocycles. The van der Waals surface area contributed by atoms with E-state index in [4.69, 9.17) is 5.73 Å². The van der Waals surface area contributed by atoms with Crippen molar-refractivity contribution in [3.05, 3.63) is 12.4 Å². The zero-order valence-electron chi connectivity index (χ0n) is 8.10. The van der Waals surface area contributed by atoms with Gasteiger partial charge in [-0.2, -0.15) is 5.10 Å². The minimum absolute atomic E-state index is 0.658. The van der Waals surface area contributed by atoms with E-state index in [1.54, 1.807) is 24.2 Å².